The van der Waals surface area contributed by atoms with E-state index in [-0.39, 0.29) is 18.0 Å². The van der Waals surface area contributed by atoms with Gasteiger partial charge in [0.05, 0.1) is 6.54 Å². The van der Waals surface area contributed by atoms with E-state index in [0.29, 0.717) is 13.1 Å². The molecule has 0 aromatic carbocycles. The number of nitrogens with zero attached hydrogens (tertiary/aromatic N) is 3. The summed E-state index contributed by atoms with van der Waals surface area (Å²) >= 11 is 0. The highest BCUT2D eigenvalue weighted by molar-refractivity contribution is 5.80. The molecule has 1 fully saturated rings. The Balaban J connectivity index is 2.49. The molecule has 1 saturated heterocycles. The fourth-order valence-electron chi connectivity index (χ4n) is 3.28. The molecule has 9 heteroatoms. The predicted octanol–water partition coefficient (Wildman–Crippen LogP) is 1.40. The molecule has 1 heterocycles. The summed E-state index contributed by atoms with van der Waals surface area (Å²) in [4.78, 5) is 32.8. The van der Waals surface area contributed by atoms with E-state index in [1.165, 1.54) is 0 Å². The quantitative estimate of drug-likeness (QED) is 0.401. The Morgan fingerprint density at radius 3 is 2.23 bits per heavy atom. The SMILES string of the molecule is CCCC(CNC(=NC)N1CCN(CC(=O)NC(C)C)CC1)NC(=O)OC(C)(C)C. The van der Waals surface area contributed by atoms with Crippen LogP contribution < -0.4 is 16.0 Å². The van der Waals surface area contributed by atoms with Gasteiger partial charge in [0.15, 0.2) is 5.96 Å². The molecule has 174 valence electrons. The standard InChI is InChI=1S/C21H42N6O3/c1-8-9-17(25-20(29)30-21(4,5)6)14-23-19(22-7)27-12-10-26(11-13-27)15-18(28)24-16(2)3/h16-17H,8-15H2,1-7H3,(H,22,23)(H,24,28)(H,25,29). The van der Waals surface area contributed by atoms with Crippen LogP contribution in [0.2, 0.25) is 0 Å². The highest BCUT2D eigenvalue weighted by atomic mass is 16.6. The molecule has 0 bridgehead atoms. The first-order chi connectivity index (χ1) is 14.0. The molecule has 3 N–H and O–H groups in total. The fraction of sp³-hybridized carbons (Fsp3) is 0.857. The van der Waals surface area contributed by atoms with Crippen molar-refractivity contribution in [3.05, 3.63) is 0 Å². The number of piperazine rings is 1. The van der Waals surface area contributed by atoms with Gasteiger partial charge in [-0.2, -0.15) is 0 Å². The number of guanidine groups is 1. The molecule has 0 aromatic rings. The van der Waals surface area contributed by atoms with Crippen LogP contribution in [-0.4, -0.2) is 91.8 Å². The monoisotopic (exact) mass is 426 g/mol. The third-order valence-corrected chi connectivity index (χ3v) is 4.57. The van der Waals surface area contributed by atoms with Crippen molar-refractivity contribution in [2.24, 2.45) is 4.99 Å². The Morgan fingerprint density at radius 2 is 1.73 bits per heavy atom. The van der Waals surface area contributed by atoms with Gasteiger partial charge in [0.1, 0.15) is 5.60 Å². The Morgan fingerprint density at radius 1 is 1.10 bits per heavy atom. The first kappa shape index (κ1) is 26.0. The largest absolute Gasteiger partial charge is 0.444 e. The van der Waals surface area contributed by atoms with Crippen LogP contribution in [0.3, 0.4) is 0 Å². The second-order valence-corrected chi connectivity index (χ2v) is 9.05. The maximum absolute atomic E-state index is 12.1. The lowest BCUT2D eigenvalue weighted by Crippen LogP contribution is -2.55. The van der Waals surface area contributed by atoms with Crippen molar-refractivity contribution in [1.29, 1.82) is 0 Å². The van der Waals surface area contributed by atoms with Crippen LogP contribution in [0.5, 0.6) is 0 Å². The van der Waals surface area contributed by atoms with E-state index in [2.05, 4.69) is 37.7 Å². The van der Waals surface area contributed by atoms with Crippen molar-refractivity contribution in [2.45, 2.75) is 72.1 Å². The molecule has 0 radical (unpaired) electrons. The number of ether oxygens (including phenoxy) is 1. The van der Waals surface area contributed by atoms with Crippen molar-refractivity contribution < 1.29 is 14.3 Å². The summed E-state index contributed by atoms with van der Waals surface area (Å²) in [6.45, 7) is 15.8. The van der Waals surface area contributed by atoms with Crippen molar-refractivity contribution >= 4 is 18.0 Å². The Hall–Kier alpha value is -2.03. The van der Waals surface area contributed by atoms with E-state index < -0.39 is 11.7 Å². The van der Waals surface area contributed by atoms with Crippen LogP contribution in [0, 0.1) is 0 Å². The number of nitrogens with one attached hydrogen (secondary N) is 3. The number of aliphatic imine (C=N–C) groups is 1. The molecule has 0 saturated carbocycles. The van der Waals surface area contributed by atoms with Gasteiger partial charge in [-0.15, -0.1) is 0 Å². The number of carbonyl (C=O) groups is 2. The molecule has 1 atom stereocenters. The predicted molar refractivity (Wildman–Crippen MR) is 121 cm³/mol. The van der Waals surface area contributed by atoms with Gasteiger partial charge in [0.2, 0.25) is 5.91 Å². The molecule has 0 spiro atoms. The lowest BCUT2D eigenvalue weighted by Gasteiger charge is -2.36. The highest BCUT2D eigenvalue weighted by Gasteiger charge is 2.23. The molecular formula is C21H42N6O3. The average molecular weight is 427 g/mol. The van der Waals surface area contributed by atoms with E-state index in [1.54, 1.807) is 7.05 Å². The van der Waals surface area contributed by atoms with Crippen LogP contribution in [0.25, 0.3) is 0 Å². The molecule has 9 nitrogen and oxygen atoms in total. The first-order valence-corrected chi connectivity index (χ1v) is 11.0. The molecule has 30 heavy (non-hydrogen) atoms. The third kappa shape index (κ3) is 10.7. The Kier molecular flexibility index (Phi) is 10.9. The summed E-state index contributed by atoms with van der Waals surface area (Å²) in [7, 11) is 1.76. The van der Waals surface area contributed by atoms with Crippen molar-refractivity contribution in [1.82, 2.24) is 25.8 Å². The zero-order valence-corrected chi connectivity index (χ0v) is 19.9. The number of carbonyl (C=O) groups excluding carboxylic acids is 2. The van der Waals surface area contributed by atoms with Gasteiger partial charge in [0.25, 0.3) is 0 Å². The van der Waals surface area contributed by atoms with E-state index in [9.17, 15) is 9.59 Å². The van der Waals surface area contributed by atoms with Gasteiger partial charge in [-0.1, -0.05) is 13.3 Å². The average Bonchev–Trinajstić information content (AvgIpc) is 2.61. The molecule has 1 aliphatic heterocycles. The molecular weight excluding hydrogens is 384 g/mol. The minimum absolute atomic E-state index is 0.0392. The minimum atomic E-state index is -0.518. The van der Waals surface area contributed by atoms with Gasteiger partial charge in [0, 0.05) is 51.9 Å². The highest BCUT2D eigenvalue weighted by Crippen LogP contribution is 2.08. The van der Waals surface area contributed by atoms with Crippen LogP contribution in [0.4, 0.5) is 4.79 Å². The smallest absolute Gasteiger partial charge is 0.407 e. The van der Waals surface area contributed by atoms with Crippen LogP contribution in [0.15, 0.2) is 4.99 Å². The van der Waals surface area contributed by atoms with Crippen LogP contribution in [0.1, 0.15) is 54.4 Å². The van der Waals surface area contributed by atoms with Gasteiger partial charge >= 0.3 is 6.09 Å². The lowest BCUT2D eigenvalue weighted by atomic mass is 10.1. The molecule has 0 aromatic heterocycles. The summed E-state index contributed by atoms with van der Waals surface area (Å²) in [6.07, 6.45) is 1.41. The number of hydrogen-bond acceptors (Lipinski definition) is 5. The molecule has 2 amide bonds. The van der Waals surface area contributed by atoms with Crippen molar-refractivity contribution in [3.8, 4) is 0 Å². The normalized spacial score (nSPS) is 16.9. The number of amides is 2. The molecule has 1 rings (SSSR count). The molecule has 1 unspecified atom stereocenters. The van der Waals surface area contributed by atoms with Gasteiger partial charge < -0.3 is 25.6 Å². The van der Waals surface area contributed by atoms with E-state index in [0.717, 1.165) is 45.0 Å². The van der Waals surface area contributed by atoms with Crippen molar-refractivity contribution in [3.63, 3.8) is 0 Å². The number of rotatable bonds is 8. The van der Waals surface area contributed by atoms with E-state index in [1.807, 2.05) is 34.6 Å². The summed E-state index contributed by atoms with van der Waals surface area (Å²) in [5.41, 5.74) is -0.518. The molecule has 1 aliphatic rings. The van der Waals surface area contributed by atoms with Gasteiger partial charge in [-0.05, 0) is 41.0 Å². The maximum atomic E-state index is 12.1. The summed E-state index contributed by atoms with van der Waals surface area (Å²) in [5.74, 6) is 0.880. The third-order valence-electron chi connectivity index (χ3n) is 4.57. The Labute approximate surface area is 182 Å². The van der Waals surface area contributed by atoms with Gasteiger partial charge in [-0.3, -0.25) is 14.7 Å². The second kappa shape index (κ2) is 12.6. The summed E-state index contributed by atoms with van der Waals surface area (Å²) < 4.78 is 5.37. The summed E-state index contributed by atoms with van der Waals surface area (Å²) in [5, 5.41) is 9.27. The second-order valence-electron chi connectivity index (χ2n) is 9.05. The van der Waals surface area contributed by atoms with Gasteiger partial charge in [-0.25, -0.2) is 4.79 Å². The zero-order chi connectivity index (χ0) is 22.7. The summed E-state index contributed by atoms with van der Waals surface area (Å²) in [6, 6.07) is 0.120. The van der Waals surface area contributed by atoms with E-state index >= 15 is 0 Å². The topological polar surface area (TPSA) is 98.3 Å². The van der Waals surface area contributed by atoms with Crippen LogP contribution in [-0.2, 0) is 9.53 Å². The number of alkyl carbamates (subject to hydrolysis) is 1. The maximum Gasteiger partial charge on any atom is 0.407 e. The Bertz CT molecular complexity index is 566. The van der Waals surface area contributed by atoms with Crippen LogP contribution >= 0.6 is 0 Å². The minimum Gasteiger partial charge on any atom is -0.444 e. The molecule has 0 aliphatic carbocycles. The zero-order valence-electron chi connectivity index (χ0n) is 19.9. The van der Waals surface area contributed by atoms with Crippen molar-refractivity contribution in [2.75, 3.05) is 46.3 Å². The lowest BCUT2D eigenvalue weighted by molar-refractivity contribution is -0.123. The number of hydrogen-bond donors (Lipinski definition) is 3. The van der Waals surface area contributed by atoms with E-state index in [4.69, 9.17) is 4.74 Å². The first-order valence-electron chi connectivity index (χ1n) is 11.0. The fourth-order valence-corrected chi connectivity index (χ4v) is 3.28.